The van der Waals surface area contributed by atoms with Crippen molar-refractivity contribution < 1.29 is 33.2 Å². The van der Waals surface area contributed by atoms with Gasteiger partial charge in [-0.3, -0.25) is 4.79 Å². The fraction of sp³-hybridized carbons (Fsp3) is 0.548. The summed E-state index contributed by atoms with van der Waals surface area (Å²) in [7, 11) is 5.42. The number of hydrogen-bond donors (Lipinski definition) is 1. The van der Waals surface area contributed by atoms with E-state index in [1.54, 1.807) is 36.4 Å². The van der Waals surface area contributed by atoms with E-state index < -0.39 is 18.2 Å². The van der Waals surface area contributed by atoms with Gasteiger partial charge in [-0.2, -0.15) is 5.26 Å². The molecule has 0 radical (unpaired) electrons. The Labute approximate surface area is 244 Å². The Kier molecular flexibility index (Phi) is 15.9. The van der Waals surface area contributed by atoms with Crippen LogP contribution in [0.3, 0.4) is 0 Å². The number of rotatable bonds is 10. The molecule has 1 aliphatic rings. The van der Waals surface area contributed by atoms with Crippen LogP contribution in [-0.2, 0) is 25.5 Å². The molecule has 0 spiro atoms. The van der Waals surface area contributed by atoms with Gasteiger partial charge in [-0.05, 0) is 76.8 Å². The zero-order valence-electron chi connectivity index (χ0n) is 25.6. The van der Waals surface area contributed by atoms with Gasteiger partial charge in [0.15, 0.2) is 17.9 Å². The lowest BCUT2D eigenvalue weighted by Crippen LogP contribution is -2.47. The Hall–Kier alpha value is -3.23. The van der Waals surface area contributed by atoms with E-state index in [0.29, 0.717) is 31.8 Å². The molecular weight excluding hydrogens is 529 g/mol. The van der Waals surface area contributed by atoms with E-state index in [0.717, 1.165) is 17.8 Å². The predicted octanol–water partition coefficient (Wildman–Crippen LogP) is 4.61. The number of halogens is 1. The van der Waals surface area contributed by atoms with Gasteiger partial charge in [0.2, 0.25) is 0 Å². The molecule has 2 aromatic rings. The summed E-state index contributed by atoms with van der Waals surface area (Å²) in [5.74, 6) is -0.0171. The van der Waals surface area contributed by atoms with Crippen LogP contribution in [0, 0.1) is 23.1 Å². The first kappa shape index (κ1) is 35.8. The number of aliphatic hydroxyl groups is 1. The summed E-state index contributed by atoms with van der Waals surface area (Å²) < 4.78 is 35.3. The fourth-order valence-corrected chi connectivity index (χ4v) is 3.89. The van der Waals surface area contributed by atoms with Gasteiger partial charge in [0.1, 0.15) is 11.7 Å². The van der Waals surface area contributed by atoms with E-state index in [4.69, 9.17) is 19.5 Å². The lowest BCUT2D eigenvalue weighted by molar-refractivity contribution is -0.238. The summed E-state index contributed by atoms with van der Waals surface area (Å²) in [6, 6.07) is 13.9. The van der Waals surface area contributed by atoms with Crippen LogP contribution in [0.4, 0.5) is 10.1 Å². The molecule has 1 atom stereocenters. The van der Waals surface area contributed by atoms with Gasteiger partial charge in [0.25, 0.3) is 6.47 Å². The third-order valence-electron chi connectivity index (χ3n) is 5.69. The van der Waals surface area contributed by atoms with Crippen LogP contribution in [-0.4, -0.2) is 82.0 Å². The fourth-order valence-electron chi connectivity index (χ4n) is 3.89. The number of hydrogen-bond acceptors (Lipinski definition) is 9. The monoisotopic (exact) mass is 575 g/mol. The molecule has 2 aromatic carbocycles. The first-order chi connectivity index (χ1) is 19.4. The van der Waals surface area contributed by atoms with Crippen molar-refractivity contribution in [1.82, 2.24) is 4.90 Å². The first-order valence-electron chi connectivity index (χ1n) is 13.7. The van der Waals surface area contributed by atoms with Crippen molar-refractivity contribution in [1.29, 1.82) is 5.26 Å². The molecule has 228 valence electrons. The minimum atomic E-state index is -0.908. The third kappa shape index (κ3) is 13.3. The highest BCUT2D eigenvalue weighted by atomic mass is 19.1. The zero-order valence-corrected chi connectivity index (χ0v) is 25.6. The standard InChI is InChI=1S/C24H30FN3O4.C5H10O2.C2H6/c1-27(2)12-19-15-31-24(32-16-19)22(29)14-28(20-7-4-17(11-26)5-8-20)13-18-6-9-23(30-3)21(25)10-18;1-5(2,3)7-4-6;1-2/h4-10,19,22,24,29H,12-16H2,1-3H3;4H,1-3H3;1-2H3. The quantitative estimate of drug-likeness (QED) is 0.407. The Bertz CT molecular complexity index is 1060. The number of benzene rings is 2. The molecule has 0 aliphatic carbocycles. The number of methoxy groups -OCH3 is 1. The average Bonchev–Trinajstić information content (AvgIpc) is 2.94. The maximum atomic E-state index is 14.2. The van der Waals surface area contributed by atoms with Crippen LogP contribution in [0.15, 0.2) is 42.5 Å². The van der Waals surface area contributed by atoms with Crippen LogP contribution in [0.25, 0.3) is 0 Å². The lowest BCUT2D eigenvalue weighted by atomic mass is 10.1. The van der Waals surface area contributed by atoms with Crippen LogP contribution in [0.5, 0.6) is 5.75 Å². The highest BCUT2D eigenvalue weighted by Crippen LogP contribution is 2.24. The van der Waals surface area contributed by atoms with Crippen molar-refractivity contribution in [2.75, 3.05) is 52.4 Å². The van der Waals surface area contributed by atoms with Crippen molar-refractivity contribution >= 4 is 12.2 Å². The smallest absolute Gasteiger partial charge is 0.293 e. The van der Waals surface area contributed by atoms with Crippen molar-refractivity contribution in [3.63, 3.8) is 0 Å². The van der Waals surface area contributed by atoms with E-state index in [9.17, 15) is 14.3 Å². The van der Waals surface area contributed by atoms with E-state index in [1.807, 2.05) is 53.6 Å². The van der Waals surface area contributed by atoms with E-state index in [1.165, 1.54) is 13.2 Å². The van der Waals surface area contributed by atoms with Crippen LogP contribution in [0.2, 0.25) is 0 Å². The maximum Gasteiger partial charge on any atom is 0.293 e. The second-order valence-corrected chi connectivity index (χ2v) is 10.6. The van der Waals surface area contributed by atoms with Crippen molar-refractivity contribution in [3.05, 3.63) is 59.4 Å². The van der Waals surface area contributed by atoms with Crippen molar-refractivity contribution in [2.45, 2.75) is 59.2 Å². The Morgan fingerprint density at radius 1 is 1.15 bits per heavy atom. The molecule has 1 N–H and O–H groups in total. The maximum absolute atomic E-state index is 14.2. The molecule has 0 saturated carbocycles. The van der Waals surface area contributed by atoms with Crippen molar-refractivity contribution in [2.24, 2.45) is 5.92 Å². The largest absolute Gasteiger partial charge is 0.494 e. The van der Waals surface area contributed by atoms with E-state index in [2.05, 4.69) is 15.7 Å². The minimum Gasteiger partial charge on any atom is -0.494 e. The van der Waals surface area contributed by atoms with Crippen LogP contribution < -0.4 is 9.64 Å². The number of ether oxygens (including phenoxy) is 4. The van der Waals surface area contributed by atoms with Crippen LogP contribution in [0.1, 0.15) is 45.7 Å². The van der Waals surface area contributed by atoms with Gasteiger partial charge < -0.3 is 33.9 Å². The van der Waals surface area contributed by atoms with Gasteiger partial charge in [0.05, 0.1) is 32.0 Å². The van der Waals surface area contributed by atoms with Crippen LogP contribution >= 0.6 is 0 Å². The summed E-state index contributed by atoms with van der Waals surface area (Å²) in [6.45, 7) is 12.4. The van der Waals surface area contributed by atoms with Crippen molar-refractivity contribution in [3.8, 4) is 11.8 Å². The summed E-state index contributed by atoms with van der Waals surface area (Å²) in [5.41, 5.74) is 1.73. The number of anilines is 1. The average molecular weight is 576 g/mol. The number of carbonyl (C=O) groups excluding carboxylic acids is 1. The highest BCUT2D eigenvalue weighted by Gasteiger charge is 2.30. The number of aliphatic hydroxyl groups excluding tert-OH is 1. The molecule has 41 heavy (non-hydrogen) atoms. The number of nitriles is 1. The molecule has 1 aliphatic heterocycles. The topological polar surface area (TPSA) is 104 Å². The third-order valence-corrected chi connectivity index (χ3v) is 5.69. The molecule has 0 amide bonds. The molecule has 1 saturated heterocycles. The molecule has 0 aromatic heterocycles. The summed E-state index contributed by atoms with van der Waals surface area (Å²) in [6.07, 6.45) is -1.64. The molecule has 9 nitrogen and oxygen atoms in total. The molecule has 1 unspecified atom stereocenters. The first-order valence-corrected chi connectivity index (χ1v) is 13.7. The molecule has 1 heterocycles. The zero-order chi connectivity index (χ0) is 31.0. The summed E-state index contributed by atoms with van der Waals surface area (Å²) in [5, 5.41) is 19.9. The number of nitrogens with zero attached hydrogens (tertiary/aromatic N) is 3. The molecular formula is C31H46FN3O6. The molecule has 3 rings (SSSR count). The predicted molar refractivity (Wildman–Crippen MR) is 157 cm³/mol. The number of carbonyl (C=O) groups is 1. The highest BCUT2D eigenvalue weighted by molar-refractivity contribution is 5.50. The SMILES string of the molecule is CC.CC(C)(C)OC=O.COc1ccc(CN(CC(O)C2OCC(CN(C)C)CO2)c2ccc(C#N)cc2)cc1F. The van der Waals surface area contributed by atoms with E-state index in [-0.39, 0.29) is 23.8 Å². The van der Waals surface area contributed by atoms with Gasteiger partial charge in [-0.1, -0.05) is 19.9 Å². The van der Waals surface area contributed by atoms with E-state index >= 15 is 0 Å². The lowest BCUT2D eigenvalue weighted by Gasteiger charge is -2.35. The van der Waals surface area contributed by atoms with Gasteiger partial charge >= 0.3 is 0 Å². The summed E-state index contributed by atoms with van der Waals surface area (Å²) >= 11 is 0. The molecule has 1 fully saturated rings. The minimum absolute atomic E-state index is 0.176. The van der Waals surface area contributed by atoms with Gasteiger partial charge in [-0.15, -0.1) is 0 Å². The van der Waals surface area contributed by atoms with Gasteiger partial charge in [-0.25, -0.2) is 4.39 Å². The molecule has 0 bridgehead atoms. The Morgan fingerprint density at radius 2 is 1.76 bits per heavy atom. The normalized spacial score (nSPS) is 17.1. The second-order valence-electron chi connectivity index (χ2n) is 10.6. The van der Waals surface area contributed by atoms with Gasteiger partial charge in [0, 0.05) is 31.2 Å². The Morgan fingerprint density at radius 3 is 2.20 bits per heavy atom. The second kappa shape index (κ2) is 18.3. The summed E-state index contributed by atoms with van der Waals surface area (Å²) in [4.78, 5) is 13.6. The Balaban J connectivity index is 0.000000816. The molecule has 10 heteroatoms.